The standard InChI is InChI=1S/C20H20N4O4S/c25-19-11-17(20(26)22-13-14-4-3-7-21-12-14)16-10-15(5-6-18(16)23-19)29(27,28)24-8-1-2-9-24/h3-7,10-12H,1-2,8-9,13H2,(H,22,26)(H,23,25). The number of H-pyrrole nitrogens is 1. The first-order valence-electron chi connectivity index (χ1n) is 9.29. The van der Waals surface area contributed by atoms with Gasteiger partial charge < -0.3 is 10.3 Å². The van der Waals surface area contributed by atoms with E-state index in [1.54, 1.807) is 18.5 Å². The number of pyridine rings is 2. The molecule has 1 fully saturated rings. The van der Waals surface area contributed by atoms with E-state index in [9.17, 15) is 18.0 Å². The molecule has 2 N–H and O–H groups in total. The van der Waals surface area contributed by atoms with Crippen molar-refractivity contribution in [3.8, 4) is 0 Å². The quantitative estimate of drug-likeness (QED) is 0.662. The Labute approximate surface area is 167 Å². The van der Waals surface area contributed by atoms with Gasteiger partial charge in [-0.3, -0.25) is 14.6 Å². The van der Waals surface area contributed by atoms with E-state index in [0.29, 0.717) is 24.0 Å². The van der Waals surface area contributed by atoms with E-state index in [1.165, 1.54) is 28.6 Å². The van der Waals surface area contributed by atoms with Crippen LogP contribution in [0, 0.1) is 0 Å². The summed E-state index contributed by atoms with van der Waals surface area (Å²) in [6.07, 6.45) is 4.94. The van der Waals surface area contributed by atoms with Gasteiger partial charge in [-0.1, -0.05) is 6.07 Å². The molecule has 0 unspecified atom stereocenters. The Bertz CT molecular complexity index is 1220. The highest BCUT2D eigenvalue weighted by atomic mass is 32.2. The van der Waals surface area contributed by atoms with Crippen LogP contribution in [0.25, 0.3) is 10.9 Å². The van der Waals surface area contributed by atoms with E-state index in [-0.39, 0.29) is 17.0 Å². The fourth-order valence-electron chi connectivity index (χ4n) is 3.44. The molecule has 9 heteroatoms. The summed E-state index contributed by atoms with van der Waals surface area (Å²) >= 11 is 0. The average molecular weight is 412 g/mol. The zero-order chi connectivity index (χ0) is 20.4. The van der Waals surface area contributed by atoms with Crippen LogP contribution in [-0.4, -0.2) is 41.7 Å². The number of benzene rings is 1. The molecule has 8 nitrogen and oxygen atoms in total. The normalized spacial score (nSPS) is 14.9. The summed E-state index contributed by atoms with van der Waals surface area (Å²) < 4.78 is 27.2. The van der Waals surface area contributed by atoms with Crippen molar-refractivity contribution in [3.05, 3.63) is 70.3 Å². The first kappa shape index (κ1) is 19.3. The number of amides is 1. The van der Waals surface area contributed by atoms with Crippen LogP contribution in [0.3, 0.4) is 0 Å². The summed E-state index contributed by atoms with van der Waals surface area (Å²) in [5.74, 6) is -0.458. The maximum absolute atomic E-state index is 12.9. The minimum Gasteiger partial charge on any atom is -0.348 e. The number of hydrogen-bond acceptors (Lipinski definition) is 5. The van der Waals surface area contributed by atoms with Crippen molar-refractivity contribution in [2.75, 3.05) is 13.1 Å². The van der Waals surface area contributed by atoms with Crippen molar-refractivity contribution in [2.45, 2.75) is 24.3 Å². The third-order valence-electron chi connectivity index (χ3n) is 4.94. The molecule has 1 amide bonds. The molecule has 0 saturated carbocycles. The van der Waals surface area contributed by atoms with Gasteiger partial charge in [-0.25, -0.2) is 8.42 Å². The van der Waals surface area contributed by atoms with Crippen molar-refractivity contribution in [1.82, 2.24) is 19.6 Å². The fourth-order valence-corrected chi connectivity index (χ4v) is 4.98. The van der Waals surface area contributed by atoms with Crippen LogP contribution in [0.4, 0.5) is 0 Å². The number of rotatable bonds is 5. The fraction of sp³-hybridized carbons (Fsp3) is 0.250. The Kier molecular flexibility index (Phi) is 5.16. The molecular formula is C20H20N4O4S. The second kappa shape index (κ2) is 7.76. The van der Waals surface area contributed by atoms with Crippen molar-refractivity contribution >= 4 is 26.8 Å². The van der Waals surface area contributed by atoms with Crippen LogP contribution >= 0.6 is 0 Å². The molecular weight excluding hydrogens is 392 g/mol. The SMILES string of the molecule is O=C(NCc1cccnc1)c1cc(=O)[nH]c2ccc(S(=O)(=O)N3CCCC3)cc12. The van der Waals surface area contributed by atoms with Crippen LogP contribution < -0.4 is 10.9 Å². The molecule has 1 aliphatic rings. The molecule has 2 aromatic heterocycles. The van der Waals surface area contributed by atoms with Crippen LogP contribution in [-0.2, 0) is 16.6 Å². The molecule has 29 heavy (non-hydrogen) atoms. The van der Waals surface area contributed by atoms with Crippen LogP contribution in [0.15, 0.2) is 58.5 Å². The number of carbonyl (C=O) groups is 1. The first-order valence-corrected chi connectivity index (χ1v) is 10.7. The Balaban J connectivity index is 1.71. The maximum atomic E-state index is 12.9. The number of nitrogens with zero attached hydrogens (tertiary/aromatic N) is 2. The highest BCUT2D eigenvalue weighted by molar-refractivity contribution is 7.89. The van der Waals surface area contributed by atoms with E-state index in [2.05, 4.69) is 15.3 Å². The van der Waals surface area contributed by atoms with E-state index in [4.69, 9.17) is 0 Å². The molecule has 0 atom stereocenters. The summed E-state index contributed by atoms with van der Waals surface area (Å²) in [6.45, 7) is 1.22. The lowest BCUT2D eigenvalue weighted by molar-refractivity contribution is 0.0952. The Hall–Kier alpha value is -3.04. The van der Waals surface area contributed by atoms with Gasteiger partial charge in [-0.05, 0) is 42.7 Å². The molecule has 1 aromatic carbocycles. The largest absolute Gasteiger partial charge is 0.348 e. The predicted molar refractivity (Wildman–Crippen MR) is 108 cm³/mol. The maximum Gasteiger partial charge on any atom is 0.252 e. The van der Waals surface area contributed by atoms with Gasteiger partial charge >= 0.3 is 0 Å². The smallest absolute Gasteiger partial charge is 0.252 e. The second-order valence-corrected chi connectivity index (χ2v) is 8.85. The van der Waals surface area contributed by atoms with E-state index >= 15 is 0 Å². The lowest BCUT2D eigenvalue weighted by Gasteiger charge is -2.16. The van der Waals surface area contributed by atoms with Gasteiger partial charge in [0.05, 0.1) is 10.5 Å². The summed E-state index contributed by atoms with van der Waals surface area (Å²) in [5.41, 5.74) is 0.919. The second-order valence-electron chi connectivity index (χ2n) is 6.91. The predicted octanol–water partition coefficient (Wildman–Crippen LogP) is 1.64. The van der Waals surface area contributed by atoms with Crippen molar-refractivity contribution in [3.63, 3.8) is 0 Å². The number of fused-ring (bicyclic) bond motifs is 1. The Morgan fingerprint density at radius 1 is 1.17 bits per heavy atom. The molecule has 4 rings (SSSR count). The molecule has 3 heterocycles. The van der Waals surface area contributed by atoms with Gasteiger partial charge in [0.25, 0.3) is 5.91 Å². The van der Waals surface area contributed by atoms with Gasteiger partial charge in [-0.2, -0.15) is 4.31 Å². The van der Waals surface area contributed by atoms with Gasteiger partial charge in [0, 0.05) is 49.0 Å². The summed E-state index contributed by atoms with van der Waals surface area (Å²) in [6, 6.07) is 9.22. The zero-order valence-electron chi connectivity index (χ0n) is 15.6. The highest BCUT2D eigenvalue weighted by Gasteiger charge is 2.27. The molecule has 1 saturated heterocycles. The third-order valence-corrected chi connectivity index (χ3v) is 6.83. The summed E-state index contributed by atoms with van der Waals surface area (Å²) in [4.78, 5) is 31.5. The molecule has 150 valence electrons. The van der Waals surface area contributed by atoms with Gasteiger partial charge in [0.1, 0.15) is 0 Å². The minimum atomic E-state index is -3.64. The number of aromatic nitrogens is 2. The summed E-state index contributed by atoms with van der Waals surface area (Å²) in [7, 11) is -3.64. The molecule has 0 bridgehead atoms. The van der Waals surface area contributed by atoms with E-state index in [0.717, 1.165) is 18.4 Å². The molecule has 0 spiro atoms. The number of nitrogens with one attached hydrogen (secondary N) is 2. The Morgan fingerprint density at radius 2 is 1.97 bits per heavy atom. The third kappa shape index (κ3) is 3.92. The molecule has 3 aromatic rings. The average Bonchev–Trinajstić information content (AvgIpc) is 3.27. The molecule has 0 aliphatic carbocycles. The number of hydrogen-bond donors (Lipinski definition) is 2. The highest BCUT2D eigenvalue weighted by Crippen LogP contribution is 2.25. The Morgan fingerprint density at radius 3 is 2.69 bits per heavy atom. The number of carbonyl (C=O) groups excluding carboxylic acids is 1. The molecule has 0 radical (unpaired) electrons. The zero-order valence-corrected chi connectivity index (χ0v) is 16.4. The lowest BCUT2D eigenvalue weighted by atomic mass is 10.1. The number of sulfonamides is 1. The monoisotopic (exact) mass is 412 g/mol. The number of aromatic amines is 1. The van der Waals surface area contributed by atoms with E-state index < -0.39 is 21.5 Å². The van der Waals surface area contributed by atoms with Crippen molar-refractivity contribution < 1.29 is 13.2 Å². The van der Waals surface area contributed by atoms with Crippen LogP contribution in [0.1, 0.15) is 28.8 Å². The minimum absolute atomic E-state index is 0.111. The van der Waals surface area contributed by atoms with Crippen molar-refractivity contribution in [2.24, 2.45) is 0 Å². The van der Waals surface area contributed by atoms with Crippen LogP contribution in [0.2, 0.25) is 0 Å². The summed E-state index contributed by atoms with van der Waals surface area (Å²) in [5, 5.41) is 3.14. The lowest BCUT2D eigenvalue weighted by Crippen LogP contribution is -2.28. The molecule has 1 aliphatic heterocycles. The van der Waals surface area contributed by atoms with Gasteiger partial charge in [0.15, 0.2) is 0 Å². The van der Waals surface area contributed by atoms with Gasteiger partial charge in [0.2, 0.25) is 15.6 Å². The van der Waals surface area contributed by atoms with Crippen molar-refractivity contribution in [1.29, 1.82) is 0 Å². The van der Waals surface area contributed by atoms with Crippen LogP contribution in [0.5, 0.6) is 0 Å². The van der Waals surface area contributed by atoms with E-state index in [1.807, 2.05) is 6.07 Å². The first-order chi connectivity index (χ1) is 13.9. The van der Waals surface area contributed by atoms with Gasteiger partial charge in [-0.15, -0.1) is 0 Å². The topological polar surface area (TPSA) is 112 Å².